The van der Waals surface area contributed by atoms with Crippen LogP contribution in [-0.2, 0) is 0 Å². The molecule has 14 heavy (non-hydrogen) atoms. The van der Waals surface area contributed by atoms with Gasteiger partial charge in [-0.05, 0) is 24.3 Å². The van der Waals surface area contributed by atoms with Gasteiger partial charge in [0.1, 0.15) is 0 Å². The summed E-state index contributed by atoms with van der Waals surface area (Å²) < 4.78 is 0. The minimum Gasteiger partial charge on any atom is -0.338 e. The zero-order valence-corrected chi connectivity index (χ0v) is 9.05. The van der Waals surface area contributed by atoms with E-state index in [0.717, 1.165) is 30.8 Å². The minimum absolute atomic E-state index is 0.224. The fourth-order valence-corrected chi connectivity index (χ4v) is 2.52. The second kappa shape index (κ2) is 4.60. The summed E-state index contributed by atoms with van der Waals surface area (Å²) in [5, 5.41) is 1.96. The Morgan fingerprint density at radius 1 is 1.21 bits per heavy atom. The number of carbonyl (C=O) groups is 1. The molecule has 1 aromatic rings. The number of hydrogen-bond donors (Lipinski definition) is 0. The standard InChI is InChI=1S/C11H15NOS/c13-11(10-6-5-9-14-10)12-7-3-1-2-4-8-12/h5-6,9H,1-4,7-8H2. The summed E-state index contributed by atoms with van der Waals surface area (Å²) in [4.78, 5) is 14.8. The quantitative estimate of drug-likeness (QED) is 0.696. The van der Waals surface area contributed by atoms with E-state index in [-0.39, 0.29) is 5.91 Å². The molecular weight excluding hydrogens is 194 g/mol. The van der Waals surface area contributed by atoms with Crippen molar-refractivity contribution in [2.75, 3.05) is 13.1 Å². The van der Waals surface area contributed by atoms with Crippen LogP contribution < -0.4 is 0 Å². The maximum Gasteiger partial charge on any atom is 0.263 e. The normalized spacial score (nSPS) is 17.9. The summed E-state index contributed by atoms with van der Waals surface area (Å²) in [5.74, 6) is 0.224. The number of amides is 1. The predicted molar refractivity (Wildman–Crippen MR) is 58.7 cm³/mol. The highest BCUT2D eigenvalue weighted by molar-refractivity contribution is 7.12. The smallest absolute Gasteiger partial charge is 0.263 e. The van der Waals surface area contributed by atoms with E-state index in [0.29, 0.717) is 0 Å². The highest BCUT2D eigenvalue weighted by Crippen LogP contribution is 2.16. The number of carbonyl (C=O) groups excluding carboxylic acids is 1. The Kier molecular flexibility index (Phi) is 3.19. The van der Waals surface area contributed by atoms with Gasteiger partial charge >= 0.3 is 0 Å². The molecule has 3 heteroatoms. The summed E-state index contributed by atoms with van der Waals surface area (Å²) in [6, 6.07) is 3.85. The van der Waals surface area contributed by atoms with E-state index >= 15 is 0 Å². The van der Waals surface area contributed by atoms with Gasteiger partial charge < -0.3 is 4.90 Å². The molecular formula is C11H15NOS. The minimum atomic E-state index is 0.224. The van der Waals surface area contributed by atoms with Crippen molar-refractivity contribution in [3.8, 4) is 0 Å². The number of likely N-dealkylation sites (tertiary alicyclic amines) is 1. The van der Waals surface area contributed by atoms with Gasteiger partial charge in [0.2, 0.25) is 0 Å². The van der Waals surface area contributed by atoms with Crippen LogP contribution in [0.5, 0.6) is 0 Å². The van der Waals surface area contributed by atoms with Crippen molar-refractivity contribution < 1.29 is 4.79 Å². The van der Waals surface area contributed by atoms with Crippen LogP contribution in [0.4, 0.5) is 0 Å². The monoisotopic (exact) mass is 209 g/mol. The molecule has 0 radical (unpaired) electrons. The number of hydrogen-bond acceptors (Lipinski definition) is 2. The maximum absolute atomic E-state index is 11.9. The van der Waals surface area contributed by atoms with Crippen molar-refractivity contribution in [2.24, 2.45) is 0 Å². The summed E-state index contributed by atoms with van der Waals surface area (Å²) in [6.45, 7) is 1.88. The lowest BCUT2D eigenvalue weighted by atomic mass is 10.2. The predicted octanol–water partition coefficient (Wildman–Crippen LogP) is 2.76. The van der Waals surface area contributed by atoms with Crippen LogP contribution in [0.25, 0.3) is 0 Å². The first kappa shape index (κ1) is 9.71. The molecule has 0 atom stereocenters. The molecule has 0 aromatic carbocycles. The van der Waals surface area contributed by atoms with Gasteiger partial charge in [-0.3, -0.25) is 4.79 Å². The van der Waals surface area contributed by atoms with Gasteiger partial charge in [-0.2, -0.15) is 0 Å². The third kappa shape index (κ3) is 2.15. The highest BCUT2D eigenvalue weighted by Gasteiger charge is 2.17. The Bertz CT molecular complexity index is 286. The summed E-state index contributed by atoms with van der Waals surface area (Å²) >= 11 is 1.54. The SMILES string of the molecule is O=C(c1cccs1)N1CCCCCC1. The van der Waals surface area contributed by atoms with E-state index in [9.17, 15) is 4.79 Å². The molecule has 1 fully saturated rings. The van der Waals surface area contributed by atoms with E-state index in [2.05, 4.69) is 0 Å². The van der Waals surface area contributed by atoms with Crippen molar-refractivity contribution in [3.05, 3.63) is 22.4 Å². The van der Waals surface area contributed by atoms with Crippen LogP contribution in [0.1, 0.15) is 35.4 Å². The molecule has 1 aliphatic rings. The molecule has 0 bridgehead atoms. The van der Waals surface area contributed by atoms with Crippen molar-refractivity contribution in [3.63, 3.8) is 0 Å². The van der Waals surface area contributed by atoms with Crippen LogP contribution in [0.3, 0.4) is 0 Å². The third-order valence-corrected chi connectivity index (χ3v) is 3.48. The molecule has 2 nitrogen and oxygen atoms in total. The first-order valence-corrected chi connectivity index (χ1v) is 6.09. The van der Waals surface area contributed by atoms with Crippen molar-refractivity contribution in [2.45, 2.75) is 25.7 Å². The van der Waals surface area contributed by atoms with Crippen LogP contribution in [0, 0.1) is 0 Å². The largest absolute Gasteiger partial charge is 0.338 e. The fourth-order valence-electron chi connectivity index (χ4n) is 1.83. The molecule has 76 valence electrons. The molecule has 1 aliphatic heterocycles. The first-order valence-electron chi connectivity index (χ1n) is 5.21. The zero-order valence-electron chi connectivity index (χ0n) is 8.24. The highest BCUT2D eigenvalue weighted by atomic mass is 32.1. The number of rotatable bonds is 1. The number of nitrogens with zero attached hydrogens (tertiary/aromatic N) is 1. The lowest BCUT2D eigenvalue weighted by Gasteiger charge is -2.19. The molecule has 2 rings (SSSR count). The lowest BCUT2D eigenvalue weighted by molar-refractivity contribution is 0.0766. The molecule has 0 saturated carbocycles. The Balaban J connectivity index is 2.03. The topological polar surface area (TPSA) is 20.3 Å². The molecule has 1 saturated heterocycles. The fraction of sp³-hybridized carbons (Fsp3) is 0.545. The van der Waals surface area contributed by atoms with Crippen molar-refractivity contribution >= 4 is 17.2 Å². The van der Waals surface area contributed by atoms with Crippen molar-refractivity contribution in [1.82, 2.24) is 4.90 Å². The van der Waals surface area contributed by atoms with Crippen LogP contribution >= 0.6 is 11.3 Å². The van der Waals surface area contributed by atoms with Crippen LogP contribution in [0.15, 0.2) is 17.5 Å². The second-order valence-electron chi connectivity index (χ2n) is 3.68. The Hall–Kier alpha value is -0.830. The summed E-state index contributed by atoms with van der Waals surface area (Å²) in [6.07, 6.45) is 4.87. The van der Waals surface area contributed by atoms with Crippen LogP contribution in [0.2, 0.25) is 0 Å². The molecule has 2 heterocycles. The molecule has 0 N–H and O–H groups in total. The second-order valence-corrected chi connectivity index (χ2v) is 4.63. The molecule has 0 aliphatic carbocycles. The van der Waals surface area contributed by atoms with Gasteiger partial charge in [-0.1, -0.05) is 18.9 Å². The molecule has 0 unspecified atom stereocenters. The van der Waals surface area contributed by atoms with Gasteiger partial charge in [0.05, 0.1) is 4.88 Å². The Morgan fingerprint density at radius 2 is 1.93 bits per heavy atom. The third-order valence-electron chi connectivity index (χ3n) is 2.63. The van der Waals surface area contributed by atoms with E-state index in [1.54, 1.807) is 11.3 Å². The molecule has 0 spiro atoms. The summed E-state index contributed by atoms with van der Waals surface area (Å²) in [5.41, 5.74) is 0. The van der Waals surface area contributed by atoms with Crippen molar-refractivity contribution in [1.29, 1.82) is 0 Å². The maximum atomic E-state index is 11.9. The Labute approximate surface area is 88.5 Å². The van der Waals surface area contributed by atoms with Gasteiger partial charge in [0.25, 0.3) is 5.91 Å². The average Bonchev–Trinajstić information content (AvgIpc) is 2.59. The summed E-state index contributed by atoms with van der Waals surface area (Å²) in [7, 11) is 0. The molecule has 1 aromatic heterocycles. The van der Waals surface area contributed by atoms with E-state index in [1.165, 1.54) is 12.8 Å². The van der Waals surface area contributed by atoms with Gasteiger partial charge in [-0.25, -0.2) is 0 Å². The van der Waals surface area contributed by atoms with Gasteiger partial charge in [-0.15, -0.1) is 11.3 Å². The Morgan fingerprint density at radius 3 is 2.50 bits per heavy atom. The average molecular weight is 209 g/mol. The van der Waals surface area contributed by atoms with E-state index in [1.807, 2.05) is 22.4 Å². The molecule has 1 amide bonds. The number of thiophene rings is 1. The van der Waals surface area contributed by atoms with Gasteiger partial charge in [0.15, 0.2) is 0 Å². The zero-order chi connectivity index (χ0) is 9.80. The van der Waals surface area contributed by atoms with Crippen LogP contribution in [-0.4, -0.2) is 23.9 Å². The van der Waals surface area contributed by atoms with E-state index in [4.69, 9.17) is 0 Å². The lowest BCUT2D eigenvalue weighted by Crippen LogP contribution is -2.31. The van der Waals surface area contributed by atoms with Gasteiger partial charge in [0, 0.05) is 13.1 Å². The first-order chi connectivity index (χ1) is 6.88. The van der Waals surface area contributed by atoms with E-state index < -0.39 is 0 Å².